The monoisotopic (exact) mass is 230 g/mol. The molecule has 0 fully saturated rings. The van der Waals surface area contributed by atoms with Gasteiger partial charge in [0.2, 0.25) is 0 Å². The van der Waals surface area contributed by atoms with Crippen molar-refractivity contribution in [2.75, 3.05) is 0 Å². The first-order valence-electron chi connectivity index (χ1n) is 4.36. The standard InChI is InChI=1S/C8H11N3.C2H6.V/c1-5-11-7(4)9-10-8(11)6(2)3;1-2;/h5H,1-2H2,3-4H3;1-2H3;. The van der Waals surface area contributed by atoms with E-state index >= 15 is 0 Å². The number of aromatic nitrogens is 3. The molecule has 1 radical (unpaired) electrons. The van der Waals surface area contributed by atoms with Crippen molar-refractivity contribution in [3.63, 3.8) is 0 Å². The largest absolute Gasteiger partial charge is 0.287 e. The van der Waals surface area contributed by atoms with Gasteiger partial charge in [-0.2, -0.15) is 0 Å². The van der Waals surface area contributed by atoms with Crippen LogP contribution in [0.25, 0.3) is 11.8 Å². The predicted molar refractivity (Wildman–Crippen MR) is 57.2 cm³/mol. The quantitative estimate of drug-likeness (QED) is 0.782. The molecular weight excluding hydrogens is 213 g/mol. The molecule has 0 aliphatic heterocycles. The number of aryl methyl sites for hydroxylation is 1. The van der Waals surface area contributed by atoms with Crippen LogP contribution in [-0.2, 0) is 18.6 Å². The molecule has 0 unspecified atom stereocenters. The normalized spacial score (nSPS) is 8.00. The van der Waals surface area contributed by atoms with Crippen molar-refractivity contribution < 1.29 is 18.6 Å². The molecule has 0 saturated carbocycles. The Balaban J connectivity index is 0. The third-order valence-electron chi connectivity index (χ3n) is 1.43. The summed E-state index contributed by atoms with van der Waals surface area (Å²) in [5, 5.41) is 7.82. The number of rotatable bonds is 2. The SMILES string of the molecule is C=Cn1c(C)nnc1C(=C)C.CC.[V]. The second-order valence-corrected chi connectivity index (χ2v) is 2.40. The van der Waals surface area contributed by atoms with Gasteiger partial charge in [0.15, 0.2) is 5.82 Å². The molecule has 1 rings (SSSR count). The average Bonchev–Trinajstić information content (AvgIpc) is 2.50. The van der Waals surface area contributed by atoms with Crippen LogP contribution in [0, 0.1) is 6.92 Å². The van der Waals surface area contributed by atoms with Crippen LogP contribution in [0.3, 0.4) is 0 Å². The van der Waals surface area contributed by atoms with Gasteiger partial charge in [-0.05, 0) is 19.4 Å². The Morgan fingerprint density at radius 3 is 2.14 bits per heavy atom. The van der Waals surface area contributed by atoms with E-state index in [0.29, 0.717) is 0 Å². The average molecular weight is 230 g/mol. The zero-order valence-electron chi connectivity index (χ0n) is 9.28. The summed E-state index contributed by atoms with van der Waals surface area (Å²) < 4.78 is 1.81. The summed E-state index contributed by atoms with van der Waals surface area (Å²) in [7, 11) is 0. The first kappa shape index (κ1) is 15.7. The van der Waals surface area contributed by atoms with E-state index in [9.17, 15) is 0 Å². The summed E-state index contributed by atoms with van der Waals surface area (Å²) in [5.41, 5.74) is 0.894. The maximum atomic E-state index is 3.93. The summed E-state index contributed by atoms with van der Waals surface area (Å²) >= 11 is 0. The number of nitrogens with zero attached hydrogens (tertiary/aromatic N) is 3. The Morgan fingerprint density at radius 2 is 1.86 bits per heavy atom. The molecule has 3 nitrogen and oxygen atoms in total. The molecule has 0 aliphatic rings. The molecule has 0 spiro atoms. The fourth-order valence-corrected chi connectivity index (χ4v) is 0.879. The smallest absolute Gasteiger partial charge is 0.163 e. The molecule has 0 N–H and O–H groups in total. The minimum absolute atomic E-state index is 0. The summed E-state index contributed by atoms with van der Waals surface area (Å²) in [6.45, 7) is 15.2. The number of allylic oxidation sites excluding steroid dienone is 1. The van der Waals surface area contributed by atoms with Crippen molar-refractivity contribution in [3.8, 4) is 0 Å². The van der Waals surface area contributed by atoms with Gasteiger partial charge >= 0.3 is 0 Å². The van der Waals surface area contributed by atoms with Crippen LogP contribution in [0.1, 0.15) is 32.4 Å². The summed E-state index contributed by atoms with van der Waals surface area (Å²) in [6, 6.07) is 0. The third kappa shape index (κ3) is 3.52. The van der Waals surface area contributed by atoms with E-state index in [-0.39, 0.29) is 18.6 Å². The van der Waals surface area contributed by atoms with Gasteiger partial charge in [0.05, 0.1) is 0 Å². The van der Waals surface area contributed by atoms with Crippen molar-refractivity contribution >= 4 is 11.8 Å². The maximum Gasteiger partial charge on any atom is 0.163 e. The van der Waals surface area contributed by atoms with Gasteiger partial charge in [0, 0.05) is 24.8 Å². The van der Waals surface area contributed by atoms with Crippen LogP contribution in [0.2, 0.25) is 0 Å². The van der Waals surface area contributed by atoms with Crippen LogP contribution in [0.5, 0.6) is 0 Å². The third-order valence-corrected chi connectivity index (χ3v) is 1.43. The predicted octanol–water partition coefficient (Wildman–Crippen LogP) is 2.74. The molecule has 14 heavy (non-hydrogen) atoms. The Labute approximate surface area is 97.8 Å². The van der Waals surface area contributed by atoms with Gasteiger partial charge < -0.3 is 0 Å². The van der Waals surface area contributed by atoms with E-state index in [0.717, 1.165) is 17.2 Å². The van der Waals surface area contributed by atoms with Crippen molar-refractivity contribution in [1.82, 2.24) is 14.8 Å². The molecular formula is C10H17N3V. The van der Waals surface area contributed by atoms with Gasteiger partial charge in [-0.25, -0.2) is 0 Å². The molecule has 0 atom stereocenters. The van der Waals surface area contributed by atoms with E-state index in [1.54, 1.807) is 6.20 Å². The summed E-state index contributed by atoms with van der Waals surface area (Å²) in [6.07, 6.45) is 1.68. The van der Waals surface area contributed by atoms with Crippen molar-refractivity contribution in [3.05, 3.63) is 24.8 Å². The Bertz CT molecular complexity index is 302. The fraction of sp³-hybridized carbons (Fsp3) is 0.400. The molecule has 0 aromatic carbocycles. The molecule has 0 amide bonds. The van der Waals surface area contributed by atoms with Crippen LogP contribution < -0.4 is 0 Å². The molecule has 77 valence electrons. The van der Waals surface area contributed by atoms with E-state index in [1.165, 1.54) is 0 Å². The molecule has 1 aromatic heterocycles. The number of hydrogen-bond donors (Lipinski definition) is 0. The molecule has 0 saturated heterocycles. The Hall–Kier alpha value is -0.796. The second kappa shape index (κ2) is 7.59. The molecule has 4 heteroatoms. The van der Waals surface area contributed by atoms with Gasteiger partial charge in [-0.3, -0.25) is 4.57 Å². The van der Waals surface area contributed by atoms with Crippen molar-refractivity contribution in [2.45, 2.75) is 27.7 Å². The van der Waals surface area contributed by atoms with Crippen LogP contribution in [-0.4, -0.2) is 14.8 Å². The molecule has 0 bridgehead atoms. The summed E-state index contributed by atoms with van der Waals surface area (Å²) in [5.74, 6) is 1.61. The maximum absolute atomic E-state index is 3.93. The Morgan fingerprint density at radius 1 is 1.36 bits per heavy atom. The van der Waals surface area contributed by atoms with Crippen LogP contribution in [0.15, 0.2) is 13.2 Å². The molecule has 0 aliphatic carbocycles. The first-order valence-corrected chi connectivity index (χ1v) is 4.36. The fourth-order valence-electron chi connectivity index (χ4n) is 0.879. The Kier molecular flexibility index (Phi) is 8.50. The van der Waals surface area contributed by atoms with Gasteiger partial charge in [-0.1, -0.05) is 27.0 Å². The molecule has 1 heterocycles. The van der Waals surface area contributed by atoms with E-state index in [1.807, 2.05) is 32.3 Å². The zero-order chi connectivity index (χ0) is 10.4. The zero-order valence-corrected chi connectivity index (χ0v) is 10.7. The van der Waals surface area contributed by atoms with Gasteiger partial charge in [0.1, 0.15) is 5.82 Å². The van der Waals surface area contributed by atoms with Gasteiger partial charge in [0.25, 0.3) is 0 Å². The van der Waals surface area contributed by atoms with Crippen LogP contribution in [0.4, 0.5) is 0 Å². The van der Waals surface area contributed by atoms with Crippen molar-refractivity contribution in [1.29, 1.82) is 0 Å². The minimum Gasteiger partial charge on any atom is -0.287 e. The minimum atomic E-state index is 0. The first-order chi connectivity index (χ1) is 6.16. The van der Waals surface area contributed by atoms with E-state index < -0.39 is 0 Å². The van der Waals surface area contributed by atoms with E-state index in [2.05, 4.69) is 23.4 Å². The molecule has 1 aromatic rings. The number of hydrogen-bond acceptors (Lipinski definition) is 2. The van der Waals surface area contributed by atoms with Crippen molar-refractivity contribution in [2.24, 2.45) is 0 Å². The van der Waals surface area contributed by atoms with Crippen LogP contribution >= 0.6 is 0 Å². The second-order valence-electron chi connectivity index (χ2n) is 2.40. The summed E-state index contributed by atoms with van der Waals surface area (Å²) in [4.78, 5) is 0. The topological polar surface area (TPSA) is 30.7 Å². The van der Waals surface area contributed by atoms with Gasteiger partial charge in [-0.15, -0.1) is 10.2 Å². The van der Waals surface area contributed by atoms with E-state index in [4.69, 9.17) is 0 Å².